The molecule has 1 unspecified atom stereocenters. The lowest BCUT2D eigenvalue weighted by Crippen LogP contribution is -2.43. The van der Waals surface area contributed by atoms with Crippen molar-refractivity contribution in [1.82, 2.24) is 4.90 Å². The summed E-state index contributed by atoms with van der Waals surface area (Å²) in [6.07, 6.45) is 10.0. The molecule has 1 aliphatic heterocycles. The van der Waals surface area contributed by atoms with Crippen molar-refractivity contribution in [2.45, 2.75) is 32.2 Å². The molecular weight excluding hydrogens is 256 g/mol. The second-order valence-electron chi connectivity index (χ2n) is 6.14. The van der Waals surface area contributed by atoms with Crippen LogP contribution in [-0.2, 0) is 6.42 Å². The number of nitrogens with zero attached hydrogens (tertiary/aromatic N) is 1. The second-order valence-corrected chi connectivity index (χ2v) is 6.14. The van der Waals surface area contributed by atoms with Gasteiger partial charge in [0, 0.05) is 24.8 Å². The lowest BCUT2D eigenvalue weighted by atomic mass is 9.95. The number of allylic oxidation sites excluding steroid dienone is 5. The van der Waals surface area contributed by atoms with E-state index in [9.17, 15) is 0 Å². The van der Waals surface area contributed by atoms with Crippen LogP contribution in [0.1, 0.15) is 25.3 Å². The number of benzene rings is 1. The van der Waals surface area contributed by atoms with Crippen LogP contribution < -0.4 is 5.73 Å². The van der Waals surface area contributed by atoms with E-state index >= 15 is 0 Å². The highest BCUT2D eigenvalue weighted by atomic mass is 15.2. The molecule has 2 aliphatic rings. The van der Waals surface area contributed by atoms with Crippen LogP contribution in [0.2, 0.25) is 0 Å². The first-order chi connectivity index (χ1) is 10.2. The van der Waals surface area contributed by atoms with E-state index in [-0.39, 0.29) is 6.04 Å². The van der Waals surface area contributed by atoms with Crippen molar-refractivity contribution in [3.8, 4) is 0 Å². The minimum absolute atomic E-state index is 0.252. The molecule has 1 fully saturated rings. The summed E-state index contributed by atoms with van der Waals surface area (Å²) in [5.41, 5.74) is 11.9. The Labute approximate surface area is 127 Å². The van der Waals surface area contributed by atoms with E-state index in [0.29, 0.717) is 0 Å². The fraction of sp³-hybridized carbons (Fsp3) is 0.368. The summed E-state index contributed by atoms with van der Waals surface area (Å²) >= 11 is 0. The lowest BCUT2D eigenvalue weighted by molar-refractivity contribution is 0.300. The van der Waals surface area contributed by atoms with Crippen molar-refractivity contribution in [1.29, 1.82) is 0 Å². The quantitative estimate of drug-likeness (QED) is 0.919. The molecule has 1 aromatic carbocycles. The van der Waals surface area contributed by atoms with Crippen molar-refractivity contribution in [2.24, 2.45) is 5.73 Å². The number of likely N-dealkylation sites (tertiary alicyclic amines) is 1. The molecule has 2 N–H and O–H groups in total. The molecule has 2 heteroatoms. The van der Waals surface area contributed by atoms with E-state index in [0.717, 1.165) is 32.4 Å². The van der Waals surface area contributed by atoms with Crippen LogP contribution in [0, 0.1) is 0 Å². The Hall–Kier alpha value is -1.80. The number of hydrogen-bond acceptors (Lipinski definition) is 2. The zero-order valence-corrected chi connectivity index (χ0v) is 12.8. The van der Waals surface area contributed by atoms with Crippen LogP contribution in [0.15, 0.2) is 65.4 Å². The van der Waals surface area contributed by atoms with Gasteiger partial charge in [-0.25, -0.2) is 0 Å². The van der Waals surface area contributed by atoms with Gasteiger partial charge in [0.25, 0.3) is 0 Å². The molecule has 0 aromatic heterocycles. The van der Waals surface area contributed by atoms with Crippen molar-refractivity contribution in [3.63, 3.8) is 0 Å². The maximum atomic E-state index is 6.26. The highest BCUT2D eigenvalue weighted by molar-refractivity contribution is 5.40. The number of piperidine rings is 1. The highest BCUT2D eigenvalue weighted by Gasteiger charge is 2.24. The van der Waals surface area contributed by atoms with Gasteiger partial charge in [-0.05, 0) is 43.4 Å². The van der Waals surface area contributed by atoms with Crippen LogP contribution in [0.4, 0.5) is 0 Å². The maximum absolute atomic E-state index is 6.26. The average molecular weight is 280 g/mol. The third kappa shape index (κ3) is 3.45. The Kier molecular flexibility index (Phi) is 4.26. The van der Waals surface area contributed by atoms with E-state index < -0.39 is 0 Å². The van der Waals surface area contributed by atoms with Crippen LogP contribution in [-0.4, -0.2) is 24.0 Å². The van der Waals surface area contributed by atoms with Gasteiger partial charge < -0.3 is 10.6 Å². The van der Waals surface area contributed by atoms with Gasteiger partial charge in [-0.3, -0.25) is 0 Å². The first-order valence-electron chi connectivity index (χ1n) is 7.83. The maximum Gasteiger partial charge on any atom is 0.0396 e. The summed E-state index contributed by atoms with van der Waals surface area (Å²) < 4.78 is 0. The Morgan fingerprint density at radius 2 is 2.00 bits per heavy atom. The Bertz CT molecular complexity index is 581. The lowest BCUT2D eigenvalue weighted by Gasteiger charge is -2.36. The SMILES string of the molecule is CC1=CC=C2C(=CC1)CC(N)CN2CCc1ccccc1. The summed E-state index contributed by atoms with van der Waals surface area (Å²) in [7, 11) is 0. The van der Waals surface area contributed by atoms with Crippen molar-refractivity contribution >= 4 is 0 Å². The zero-order valence-electron chi connectivity index (χ0n) is 12.8. The molecule has 21 heavy (non-hydrogen) atoms. The smallest absolute Gasteiger partial charge is 0.0396 e. The molecule has 1 saturated heterocycles. The van der Waals surface area contributed by atoms with Gasteiger partial charge in [0.05, 0.1) is 0 Å². The van der Waals surface area contributed by atoms with E-state index in [2.05, 4.69) is 60.4 Å². The van der Waals surface area contributed by atoms with Crippen LogP contribution >= 0.6 is 0 Å². The molecule has 0 spiro atoms. The number of hydrogen-bond donors (Lipinski definition) is 1. The largest absolute Gasteiger partial charge is 0.369 e. The van der Waals surface area contributed by atoms with Gasteiger partial charge in [-0.2, -0.15) is 0 Å². The van der Waals surface area contributed by atoms with Crippen LogP contribution in [0.3, 0.4) is 0 Å². The van der Waals surface area contributed by atoms with E-state index in [1.807, 2.05) is 0 Å². The molecule has 110 valence electrons. The minimum atomic E-state index is 0.252. The van der Waals surface area contributed by atoms with E-state index in [4.69, 9.17) is 5.73 Å². The Balaban J connectivity index is 1.76. The van der Waals surface area contributed by atoms with Gasteiger partial charge in [-0.1, -0.05) is 48.1 Å². The topological polar surface area (TPSA) is 29.3 Å². The molecule has 1 aliphatic carbocycles. The average Bonchev–Trinajstić information content (AvgIpc) is 2.68. The van der Waals surface area contributed by atoms with E-state index in [1.54, 1.807) is 0 Å². The summed E-state index contributed by atoms with van der Waals surface area (Å²) in [5.74, 6) is 0. The van der Waals surface area contributed by atoms with Crippen molar-refractivity contribution < 1.29 is 0 Å². The zero-order chi connectivity index (χ0) is 14.7. The molecule has 0 saturated carbocycles. The Morgan fingerprint density at radius 3 is 2.81 bits per heavy atom. The van der Waals surface area contributed by atoms with Gasteiger partial charge in [-0.15, -0.1) is 0 Å². The van der Waals surface area contributed by atoms with Crippen molar-refractivity contribution in [3.05, 3.63) is 71.0 Å². The number of rotatable bonds is 3. The van der Waals surface area contributed by atoms with Gasteiger partial charge in [0.1, 0.15) is 0 Å². The number of fused-ring (bicyclic) bond motifs is 1. The van der Waals surface area contributed by atoms with Crippen LogP contribution in [0.25, 0.3) is 0 Å². The first kappa shape index (κ1) is 14.2. The summed E-state index contributed by atoms with van der Waals surface area (Å²) in [6, 6.07) is 10.9. The molecule has 3 rings (SSSR count). The molecular formula is C19H24N2. The fourth-order valence-electron chi connectivity index (χ4n) is 3.13. The van der Waals surface area contributed by atoms with E-state index in [1.165, 1.54) is 22.4 Å². The van der Waals surface area contributed by atoms with Crippen molar-refractivity contribution in [2.75, 3.05) is 13.1 Å². The molecule has 2 nitrogen and oxygen atoms in total. The molecule has 1 atom stereocenters. The summed E-state index contributed by atoms with van der Waals surface area (Å²) in [5, 5.41) is 0. The molecule has 0 radical (unpaired) electrons. The third-order valence-corrected chi connectivity index (χ3v) is 4.32. The monoisotopic (exact) mass is 280 g/mol. The number of nitrogens with two attached hydrogens (primary N) is 1. The first-order valence-corrected chi connectivity index (χ1v) is 7.83. The second kappa shape index (κ2) is 6.31. The summed E-state index contributed by atoms with van der Waals surface area (Å²) in [4.78, 5) is 2.46. The molecule has 0 bridgehead atoms. The van der Waals surface area contributed by atoms with Gasteiger partial charge in [0.15, 0.2) is 0 Å². The normalized spacial score (nSPS) is 21.9. The molecule has 0 amide bonds. The molecule has 1 heterocycles. The minimum Gasteiger partial charge on any atom is -0.369 e. The predicted octanol–water partition coefficient (Wildman–Crippen LogP) is 3.42. The van der Waals surface area contributed by atoms with Gasteiger partial charge >= 0.3 is 0 Å². The third-order valence-electron chi connectivity index (χ3n) is 4.32. The fourth-order valence-corrected chi connectivity index (χ4v) is 3.13. The summed E-state index contributed by atoms with van der Waals surface area (Å²) in [6.45, 7) is 4.19. The predicted molar refractivity (Wildman–Crippen MR) is 88.9 cm³/mol. The van der Waals surface area contributed by atoms with Gasteiger partial charge in [0.2, 0.25) is 0 Å². The highest BCUT2D eigenvalue weighted by Crippen LogP contribution is 2.29. The Morgan fingerprint density at radius 1 is 1.19 bits per heavy atom. The van der Waals surface area contributed by atoms with Crippen LogP contribution in [0.5, 0.6) is 0 Å². The molecule has 1 aromatic rings. The standard InChI is InChI=1S/C19H24N2/c1-15-7-9-17-13-18(20)14-21(19(17)10-8-15)12-11-16-5-3-2-4-6-16/h2-6,8-10,18H,7,11-14,20H2,1H3.